The Bertz CT molecular complexity index is 1210. The maximum Gasteiger partial charge on any atom is 0.241 e. The van der Waals surface area contributed by atoms with Crippen LogP contribution in [0.5, 0.6) is 0 Å². The van der Waals surface area contributed by atoms with Crippen molar-refractivity contribution in [1.82, 2.24) is 9.71 Å². The Morgan fingerprint density at radius 3 is 2.11 bits per heavy atom. The topological polar surface area (TPSA) is 62.0 Å². The number of para-hydroxylation sites is 1. The Morgan fingerprint density at radius 1 is 0.821 bits per heavy atom. The summed E-state index contributed by atoms with van der Waals surface area (Å²) < 4.78 is 29.1. The Balaban J connectivity index is 1.81. The number of aryl methyl sites for hydroxylation is 2. The number of benzene rings is 3. The highest BCUT2D eigenvalue weighted by atomic mass is 32.2. The van der Waals surface area contributed by atoms with Crippen molar-refractivity contribution in [3.05, 3.63) is 101 Å². The number of rotatable bonds is 5. The summed E-state index contributed by atoms with van der Waals surface area (Å²) in [5, 5.41) is 1.000. The highest BCUT2D eigenvalue weighted by Crippen LogP contribution is 2.30. The van der Waals surface area contributed by atoms with E-state index in [-0.39, 0.29) is 4.90 Å². The first kappa shape index (κ1) is 18.5. The van der Waals surface area contributed by atoms with Crippen LogP contribution >= 0.6 is 0 Å². The molecule has 4 aromatic rings. The van der Waals surface area contributed by atoms with Gasteiger partial charge < -0.3 is 4.98 Å². The van der Waals surface area contributed by atoms with Crippen molar-refractivity contribution >= 4 is 20.9 Å². The molecular formula is C23H22N2O2S. The molecule has 1 unspecified atom stereocenters. The molecule has 0 spiro atoms. The van der Waals surface area contributed by atoms with E-state index >= 15 is 0 Å². The molecule has 0 aliphatic heterocycles. The van der Waals surface area contributed by atoms with Crippen molar-refractivity contribution < 1.29 is 8.42 Å². The molecule has 0 aliphatic carbocycles. The molecule has 1 aromatic heterocycles. The molecule has 1 atom stereocenters. The minimum atomic E-state index is -3.69. The standard InChI is InChI=1S/C23H22N2O2S/c1-16-7-11-18(12-8-16)23(21-15-24-22-6-4-3-5-20(21)22)25-28(26,27)19-13-9-17(2)10-14-19/h3-15,23-25H,1-2H3. The first-order chi connectivity index (χ1) is 13.4. The Morgan fingerprint density at radius 2 is 1.43 bits per heavy atom. The van der Waals surface area contributed by atoms with Gasteiger partial charge in [0.25, 0.3) is 0 Å². The molecule has 3 aromatic carbocycles. The van der Waals surface area contributed by atoms with Gasteiger partial charge in [0.15, 0.2) is 0 Å². The monoisotopic (exact) mass is 390 g/mol. The Labute approximate surface area is 165 Å². The fourth-order valence-electron chi connectivity index (χ4n) is 3.34. The molecule has 0 amide bonds. The van der Waals surface area contributed by atoms with Crippen molar-refractivity contribution in [3.8, 4) is 0 Å². The second kappa shape index (κ2) is 7.26. The van der Waals surface area contributed by atoms with Crippen LogP contribution in [0.1, 0.15) is 28.3 Å². The number of fused-ring (bicyclic) bond motifs is 1. The third kappa shape index (κ3) is 3.59. The first-order valence-corrected chi connectivity index (χ1v) is 10.6. The van der Waals surface area contributed by atoms with Crippen molar-refractivity contribution in [1.29, 1.82) is 0 Å². The molecule has 4 rings (SSSR count). The molecule has 142 valence electrons. The number of aromatic amines is 1. The summed E-state index contributed by atoms with van der Waals surface area (Å²) in [5.41, 5.74) is 4.92. The van der Waals surface area contributed by atoms with Crippen LogP contribution < -0.4 is 4.72 Å². The van der Waals surface area contributed by atoms with E-state index in [9.17, 15) is 8.42 Å². The second-order valence-corrected chi connectivity index (χ2v) is 8.78. The quantitative estimate of drug-likeness (QED) is 0.511. The van der Waals surface area contributed by atoms with Crippen LogP contribution in [-0.2, 0) is 10.0 Å². The summed E-state index contributed by atoms with van der Waals surface area (Å²) >= 11 is 0. The van der Waals surface area contributed by atoms with E-state index in [0.29, 0.717) is 0 Å². The normalized spacial score (nSPS) is 12.9. The number of hydrogen-bond acceptors (Lipinski definition) is 2. The van der Waals surface area contributed by atoms with Crippen molar-refractivity contribution in [2.75, 3.05) is 0 Å². The summed E-state index contributed by atoms with van der Waals surface area (Å²) in [6.07, 6.45) is 1.88. The van der Waals surface area contributed by atoms with Crippen LogP contribution in [0.2, 0.25) is 0 Å². The zero-order chi connectivity index (χ0) is 19.7. The van der Waals surface area contributed by atoms with Crippen LogP contribution in [0.25, 0.3) is 10.9 Å². The van der Waals surface area contributed by atoms with Gasteiger partial charge in [-0.1, -0.05) is 65.7 Å². The summed E-state index contributed by atoms with van der Waals surface area (Å²) in [5.74, 6) is 0. The number of sulfonamides is 1. The van der Waals surface area contributed by atoms with Crippen molar-refractivity contribution in [2.45, 2.75) is 24.8 Å². The predicted octanol–water partition coefficient (Wildman–Crippen LogP) is 4.85. The minimum absolute atomic E-state index is 0.259. The van der Waals surface area contributed by atoms with Gasteiger partial charge in [-0.05, 0) is 43.2 Å². The molecule has 0 radical (unpaired) electrons. The molecule has 2 N–H and O–H groups in total. The first-order valence-electron chi connectivity index (χ1n) is 9.16. The summed E-state index contributed by atoms with van der Waals surface area (Å²) in [6.45, 7) is 3.95. The molecular weight excluding hydrogens is 368 g/mol. The third-order valence-corrected chi connectivity index (χ3v) is 6.39. The Kier molecular flexibility index (Phi) is 4.79. The minimum Gasteiger partial charge on any atom is -0.361 e. The molecule has 28 heavy (non-hydrogen) atoms. The largest absolute Gasteiger partial charge is 0.361 e. The lowest BCUT2D eigenvalue weighted by Gasteiger charge is -2.19. The highest BCUT2D eigenvalue weighted by Gasteiger charge is 2.25. The van der Waals surface area contributed by atoms with Crippen LogP contribution in [0.3, 0.4) is 0 Å². The molecule has 1 heterocycles. The fraction of sp³-hybridized carbons (Fsp3) is 0.130. The molecule has 4 nitrogen and oxygen atoms in total. The average Bonchev–Trinajstić information content (AvgIpc) is 3.11. The fourth-order valence-corrected chi connectivity index (χ4v) is 4.55. The van der Waals surface area contributed by atoms with E-state index in [1.807, 2.05) is 68.6 Å². The average molecular weight is 391 g/mol. The number of aromatic nitrogens is 1. The highest BCUT2D eigenvalue weighted by molar-refractivity contribution is 7.89. The lowest BCUT2D eigenvalue weighted by atomic mass is 9.98. The summed E-state index contributed by atoms with van der Waals surface area (Å²) in [6, 6.07) is 22.2. The lowest BCUT2D eigenvalue weighted by Crippen LogP contribution is -2.29. The van der Waals surface area contributed by atoms with Crippen molar-refractivity contribution in [3.63, 3.8) is 0 Å². The van der Waals surface area contributed by atoms with Crippen molar-refractivity contribution in [2.24, 2.45) is 0 Å². The van der Waals surface area contributed by atoms with Gasteiger partial charge in [0, 0.05) is 17.1 Å². The van der Waals surface area contributed by atoms with Crippen LogP contribution in [0.15, 0.2) is 83.9 Å². The van der Waals surface area contributed by atoms with E-state index in [1.165, 1.54) is 0 Å². The van der Waals surface area contributed by atoms with Gasteiger partial charge >= 0.3 is 0 Å². The molecule has 0 aliphatic rings. The Hall–Kier alpha value is -2.89. The van der Waals surface area contributed by atoms with E-state index in [1.54, 1.807) is 24.3 Å². The predicted molar refractivity (Wildman–Crippen MR) is 113 cm³/mol. The van der Waals surface area contributed by atoms with E-state index in [0.717, 1.165) is 33.2 Å². The van der Waals surface area contributed by atoms with Gasteiger partial charge in [-0.2, -0.15) is 4.72 Å². The van der Waals surface area contributed by atoms with Gasteiger partial charge in [0.1, 0.15) is 0 Å². The van der Waals surface area contributed by atoms with Gasteiger partial charge in [0.05, 0.1) is 10.9 Å². The molecule has 5 heteroatoms. The molecule has 0 saturated carbocycles. The van der Waals surface area contributed by atoms with E-state index in [4.69, 9.17) is 0 Å². The second-order valence-electron chi connectivity index (χ2n) is 7.07. The van der Waals surface area contributed by atoms with Gasteiger partial charge in [-0.25, -0.2) is 8.42 Å². The molecule has 0 fully saturated rings. The van der Waals surface area contributed by atoms with E-state index < -0.39 is 16.1 Å². The maximum absolute atomic E-state index is 13.1. The van der Waals surface area contributed by atoms with Crippen LogP contribution in [0, 0.1) is 13.8 Å². The molecule has 0 saturated heterocycles. The van der Waals surface area contributed by atoms with E-state index in [2.05, 4.69) is 9.71 Å². The SMILES string of the molecule is Cc1ccc(C(NS(=O)(=O)c2ccc(C)cc2)c2c[nH]c3ccccc23)cc1. The van der Waals surface area contributed by atoms with Crippen LogP contribution in [-0.4, -0.2) is 13.4 Å². The number of hydrogen-bond donors (Lipinski definition) is 2. The van der Waals surface area contributed by atoms with Crippen LogP contribution in [0.4, 0.5) is 0 Å². The summed E-state index contributed by atoms with van der Waals surface area (Å²) in [7, 11) is -3.69. The lowest BCUT2D eigenvalue weighted by molar-refractivity contribution is 0.572. The van der Waals surface area contributed by atoms with Gasteiger partial charge in [0.2, 0.25) is 10.0 Å². The third-order valence-electron chi connectivity index (χ3n) is 4.95. The maximum atomic E-state index is 13.1. The number of nitrogens with one attached hydrogen (secondary N) is 2. The zero-order valence-electron chi connectivity index (χ0n) is 15.8. The van der Waals surface area contributed by atoms with Gasteiger partial charge in [-0.15, -0.1) is 0 Å². The molecule has 0 bridgehead atoms. The summed E-state index contributed by atoms with van der Waals surface area (Å²) in [4.78, 5) is 3.51. The van der Waals surface area contributed by atoms with Gasteiger partial charge in [-0.3, -0.25) is 0 Å². The number of H-pyrrole nitrogens is 1. The smallest absolute Gasteiger partial charge is 0.241 e. The zero-order valence-corrected chi connectivity index (χ0v) is 16.6.